The van der Waals surface area contributed by atoms with Crippen LogP contribution in [0.15, 0.2) is 30.5 Å². The lowest BCUT2D eigenvalue weighted by Crippen LogP contribution is -2.45. The predicted octanol–water partition coefficient (Wildman–Crippen LogP) is 1.58. The van der Waals surface area contributed by atoms with E-state index in [1.165, 1.54) is 12.1 Å². The number of carbonyl (C=O) groups excluding carboxylic acids is 1. The Morgan fingerprint density at radius 2 is 1.96 bits per heavy atom. The third-order valence-corrected chi connectivity index (χ3v) is 5.04. The van der Waals surface area contributed by atoms with E-state index in [9.17, 15) is 14.3 Å². The predicted molar refractivity (Wildman–Crippen MR) is 96.2 cm³/mol. The maximum absolute atomic E-state index is 13.1. The van der Waals surface area contributed by atoms with Crippen molar-refractivity contribution < 1.29 is 14.3 Å². The quantitative estimate of drug-likeness (QED) is 0.849. The second-order valence-corrected chi connectivity index (χ2v) is 6.94. The number of aromatic nitrogens is 2. The van der Waals surface area contributed by atoms with Gasteiger partial charge in [0.1, 0.15) is 5.82 Å². The first-order chi connectivity index (χ1) is 12.4. The van der Waals surface area contributed by atoms with Gasteiger partial charge >= 0.3 is 0 Å². The summed E-state index contributed by atoms with van der Waals surface area (Å²) in [6.45, 7) is 4.55. The minimum absolute atomic E-state index is 0.115. The number of aryl methyl sites for hydroxylation is 2. The molecule has 1 aromatic heterocycles. The molecule has 0 saturated carbocycles. The molecule has 6 nitrogen and oxygen atoms in total. The Kier molecular flexibility index (Phi) is 5.38. The van der Waals surface area contributed by atoms with E-state index in [0.29, 0.717) is 30.6 Å². The number of aliphatic hydroxyl groups is 1. The molecule has 0 atom stereocenters. The molecule has 1 saturated heterocycles. The lowest BCUT2D eigenvalue weighted by Gasteiger charge is -2.38. The molecule has 2 aromatic rings. The number of halogens is 1. The van der Waals surface area contributed by atoms with Crippen LogP contribution < -0.4 is 5.32 Å². The van der Waals surface area contributed by atoms with Gasteiger partial charge in [-0.15, -0.1) is 0 Å². The minimum Gasteiger partial charge on any atom is -0.385 e. The average Bonchev–Trinajstić information content (AvgIpc) is 2.95. The first-order valence-corrected chi connectivity index (χ1v) is 8.87. The molecule has 2 heterocycles. The van der Waals surface area contributed by atoms with Crippen molar-refractivity contribution in [1.82, 2.24) is 20.0 Å². The first kappa shape index (κ1) is 18.5. The molecule has 1 aromatic carbocycles. The van der Waals surface area contributed by atoms with E-state index in [1.54, 1.807) is 30.1 Å². The highest BCUT2D eigenvalue weighted by Gasteiger charge is 2.33. The van der Waals surface area contributed by atoms with Gasteiger partial charge < -0.3 is 15.3 Å². The van der Waals surface area contributed by atoms with Crippen molar-refractivity contribution in [2.75, 3.05) is 26.2 Å². The molecule has 140 valence electrons. The number of likely N-dealkylation sites (tertiary alicyclic amines) is 1. The molecular formula is C19H25FN4O2. The average molecular weight is 360 g/mol. The minimum atomic E-state index is -0.903. The summed E-state index contributed by atoms with van der Waals surface area (Å²) in [5.74, 6) is -0.412. The maximum Gasteiger partial charge on any atom is 0.254 e. The van der Waals surface area contributed by atoms with Crippen molar-refractivity contribution >= 4 is 5.91 Å². The van der Waals surface area contributed by atoms with Gasteiger partial charge in [0.25, 0.3) is 5.91 Å². The summed E-state index contributed by atoms with van der Waals surface area (Å²) in [6, 6.07) is 6.08. The van der Waals surface area contributed by atoms with Crippen molar-refractivity contribution in [1.29, 1.82) is 0 Å². The Morgan fingerprint density at radius 3 is 2.54 bits per heavy atom. The highest BCUT2D eigenvalue weighted by Crippen LogP contribution is 2.32. The Morgan fingerprint density at radius 1 is 1.31 bits per heavy atom. The van der Waals surface area contributed by atoms with Crippen molar-refractivity contribution in [2.24, 2.45) is 7.05 Å². The lowest BCUT2D eigenvalue weighted by atomic mass is 9.84. The maximum atomic E-state index is 13.1. The highest BCUT2D eigenvalue weighted by atomic mass is 19.1. The van der Waals surface area contributed by atoms with E-state index in [0.717, 1.165) is 25.2 Å². The molecule has 0 radical (unpaired) electrons. The molecular weight excluding hydrogens is 335 g/mol. The van der Waals surface area contributed by atoms with Crippen LogP contribution in [0, 0.1) is 12.7 Å². The van der Waals surface area contributed by atoms with Crippen molar-refractivity contribution in [3.8, 4) is 0 Å². The summed E-state index contributed by atoms with van der Waals surface area (Å²) in [5.41, 5.74) is 1.17. The molecule has 3 rings (SSSR count). The zero-order chi connectivity index (χ0) is 18.7. The Balaban J connectivity index is 1.46. The molecule has 1 fully saturated rings. The van der Waals surface area contributed by atoms with E-state index in [1.807, 2.05) is 6.92 Å². The number of nitrogens with one attached hydrogen (secondary N) is 1. The summed E-state index contributed by atoms with van der Waals surface area (Å²) in [5, 5.41) is 17.9. The molecule has 0 unspecified atom stereocenters. The highest BCUT2D eigenvalue weighted by molar-refractivity contribution is 5.94. The Bertz CT molecular complexity index is 764. The van der Waals surface area contributed by atoms with Gasteiger partial charge in [0.15, 0.2) is 0 Å². The third-order valence-electron chi connectivity index (χ3n) is 5.04. The second kappa shape index (κ2) is 7.55. The van der Waals surface area contributed by atoms with E-state index in [2.05, 4.69) is 15.3 Å². The molecule has 0 spiro atoms. The van der Waals surface area contributed by atoms with Gasteiger partial charge in [0.05, 0.1) is 16.9 Å². The fraction of sp³-hybridized carbons (Fsp3) is 0.474. The number of benzene rings is 1. The fourth-order valence-corrected chi connectivity index (χ4v) is 3.44. The molecule has 2 N–H and O–H groups in total. The van der Waals surface area contributed by atoms with Crippen LogP contribution in [0.1, 0.15) is 34.5 Å². The number of carbonyl (C=O) groups is 1. The van der Waals surface area contributed by atoms with Crippen LogP contribution in [0.25, 0.3) is 0 Å². The SMILES string of the molecule is Cc1nn(C)cc1C(=O)NCCN1CCC(O)(c2ccc(F)cc2)CC1. The van der Waals surface area contributed by atoms with E-state index in [-0.39, 0.29) is 11.7 Å². The van der Waals surface area contributed by atoms with Gasteiger partial charge in [0.2, 0.25) is 0 Å². The van der Waals surface area contributed by atoms with E-state index in [4.69, 9.17) is 0 Å². The largest absolute Gasteiger partial charge is 0.385 e. The smallest absolute Gasteiger partial charge is 0.254 e. The molecule has 1 amide bonds. The molecule has 7 heteroatoms. The topological polar surface area (TPSA) is 70.4 Å². The second-order valence-electron chi connectivity index (χ2n) is 6.94. The Labute approximate surface area is 152 Å². The Hall–Kier alpha value is -2.25. The van der Waals surface area contributed by atoms with Crippen LogP contribution in [0.3, 0.4) is 0 Å². The lowest BCUT2D eigenvalue weighted by molar-refractivity contribution is -0.0255. The van der Waals surface area contributed by atoms with Crippen LogP contribution in [0.4, 0.5) is 4.39 Å². The normalized spacial score (nSPS) is 17.2. The van der Waals surface area contributed by atoms with Crippen molar-refractivity contribution in [3.63, 3.8) is 0 Å². The van der Waals surface area contributed by atoms with Gasteiger partial charge in [-0.25, -0.2) is 4.39 Å². The molecule has 26 heavy (non-hydrogen) atoms. The van der Waals surface area contributed by atoms with Gasteiger partial charge in [0, 0.05) is 39.4 Å². The summed E-state index contributed by atoms with van der Waals surface area (Å²) in [7, 11) is 1.79. The van der Waals surface area contributed by atoms with E-state index >= 15 is 0 Å². The van der Waals surface area contributed by atoms with Crippen LogP contribution in [-0.2, 0) is 12.6 Å². The van der Waals surface area contributed by atoms with Gasteiger partial charge in [-0.3, -0.25) is 9.48 Å². The molecule has 1 aliphatic heterocycles. The molecule has 1 aliphatic rings. The van der Waals surface area contributed by atoms with Crippen molar-refractivity contribution in [2.45, 2.75) is 25.4 Å². The van der Waals surface area contributed by atoms with E-state index < -0.39 is 5.60 Å². The van der Waals surface area contributed by atoms with Gasteiger partial charge in [-0.05, 0) is 37.5 Å². The van der Waals surface area contributed by atoms with Gasteiger partial charge in [-0.1, -0.05) is 12.1 Å². The number of hydrogen-bond donors (Lipinski definition) is 2. The van der Waals surface area contributed by atoms with Crippen molar-refractivity contribution in [3.05, 3.63) is 53.1 Å². The fourth-order valence-electron chi connectivity index (χ4n) is 3.44. The molecule has 0 bridgehead atoms. The summed E-state index contributed by atoms with van der Waals surface area (Å²) >= 11 is 0. The van der Waals surface area contributed by atoms with Gasteiger partial charge in [-0.2, -0.15) is 5.10 Å². The van der Waals surface area contributed by atoms with Crippen LogP contribution in [-0.4, -0.2) is 51.9 Å². The first-order valence-electron chi connectivity index (χ1n) is 8.87. The molecule has 0 aliphatic carbocycles. The zero-order valence-corrected chi connectivity index (χ0v) is 15.2. The summed E-state index contributed by atoms with van der Waals surface area (Å²) in [6.07, 6.45) is 2.90. The number of rotatable bonds is 5. The summed E-state index contributed by atoms with van der Waals surface area (Å²) in [4.78, 5) is 14.4. The number of piperidine rings is 1. The number of amides is 1. The third kappa shape index (κ3) is 4.11. The standard InChI is InChI=1S/C19H25FN4O2/c1-14-17(13-23(2)22-14)18(25)21-9-12-24-10-7-19(26,8-11-24)15-3-5-16(20)6-4-15/h3-6,13,26H,7-12H2,1-2H3,(H,21,25). The monoisotopic (exact) mass is 360 g/mol. The van der Waals surface area contributed by atoms with Crippen LogP contribution >= 0.6 is 0 Å². The number of nitrogens with zero attached hydrogens (tertiary/aromatic N) is 3. The summed E-state index contributed by atoms with van der Waals surface area (Å²) < 4.78 is 14.7. The zero-order valence-electron chi connectivity index (χ0n) is 15.2. The number of hydrogen-bond acceptors (Lipinski definition) is 4. The van der Waals surface area contributed by atoms with Crippen LogP contribution in [0.5, 0.6) is 0 Å². The van der Waals surface area contributed by atoms with Crippen LogP contribution in [0.2, 0.25) is 0 Å².